The number of benzene rings is 1. The number of carboxylic acid groups (broad SMARTS) is 1. The third-order valence-electron chi connectivity index (χ3n) is 2.89. The highest BCUT2D eigenvalue weighted by Gasteiger charge is 2.10. The summed E-state index contributed by atoms with van der Waals surface area (Å²) in [7, 11) is 0. The summed E-state index contributed by atoms with van der Waals surface area (Å²) in [5, 5.41) is 13.8. The van der Waals surface area contributed by atoms with Crippen LogP contribution in [0.2, 0.25) is 0 Å². The number of carbonyl (C=O) groups is 2. The molecule has 0 aliphatic rings. The van der Waals surface area contributed by atoms with E-state index in [1.165, 1.54) is 16.9 Å². The number of aryl methyl sites for hydroxylation is 1. The van der Waals surface area contributed by atoms with Gasteiger partial charge in [0.2, 0.25) is 5.91 Å². The van der Waals surface area contributed by atoms with E-state index in [9.17, 15) is 9.59 Å². The Hall–Kier alpha value is -2.21. The van der Waals surface area contributed by atoms with Crippen LogP contribution < -0.4 is 5.32 Å². The molecule has 0 saturated heterocycles. The summed E-state index contributed by atoms with van der Waals surface area (Å²) >= 11 is 1.30. The zero-order chi connectivity index (χ0) is 15.2. The maximum Gasteiger partial charge on any atom is 0.309 e. The Morgan fingerprint density at radius 1 is 1.24 bits per heavy atom. The lowest BCUT2D eigenvalue weighted by atomic mass is 10.1. The number of hydrogen-bond donors (Lipinski definition) is 2. The molecule has 5 nitrogen and oxygen atoms in total. The highest BCUT2D eigenvalue weighted by atomic mass is 32.1. The Morgan fingerprint density at radius 3 is 2.57 bits per heavy atom. The summed E-state index contributed by atoms with van der Waals surface area (Å²) in [6.07, 6.45) is 0.996. The second-order valence-corrected chi connectivity index (χ2v) is 5.52. The van der Waals surface area contributed by atoms with E-state index in [-0.39, 0.29) is 18.7 Å². The molecule has 2 N–H and O–H groups in total. The van der Waals surface area contributed by atoms with E-state index in [4.69, 9.17) is 5.11 Å². The summed E-state index contributed by atoms with van der Waals surface area (Å²) in [5.74, 6) is -1.08. The van der Waals surface area contributed by atoms with Crippen LogP contribution in [0, 0.1) is 0 Å². The van der Waals surface area contributed by atoms with Gasteiger partial charge in [0, 0.05) is 11.1 Å². The number of amides is 1. The first kappa shape index (κ1) is 15.2. The van der Waals surface area contributed by atoms with E-state index in [1.807, 2.05) is 24.3 Å². The van der Waals surface area contributed by atoms with Gasteiger partial charge in [0.05, 0.1) is 18.5 Å². The third kappa shape index (κ3) is 4.68. The van der Waals surface area contributed by atoms with Gasteiger partial charge in [-0.1, -0.05) is 19.1 Å². The lowest BCUT2D eigenvalue weighted by molar-refractivity contribution is -0.136. The fraction of sp³-hybridized carbons (Fsp3) is 0.267. The van der Waals surface area contributed by atoms with Crippen molar-refractivity contribution in [2.75, 3.05) is 5.32 Å². The van der Waals surface area contributed by atoms with Crippen molar-refractivity contribution in [1.82, 2.24) is 4.98 Å². The van der Waals surface area contributed by atoms with Crippen molar-refractivity contribution in [1.29, 1.82) is 0 Å². The smallest absolute Gasteiger partial charge is 0.309 e. The summed E-state index contributed by atoms with van der Waals surface area (Å²) in [6, 6.07) is 7.69. The van der Waals surface area contributed by atoms with Gasteiger partial charge < -0.3 is 10.4 Å². The van der Waals surface area contributed by atoms with Crippen LogP contribution in [-0.4, -0.2) is 22.0 Å². The predicted octanol–water partition coefficient (Wildman–Crippen LogP) is 2.51. The van der Waals surface area contributed by atoms with Crippen molar-refractivity contribution in [2.24, 2.45) is 0 Å². The average molecular weight is 304 g/mol. The maximum absolute atomic E-state index is 11.9. The molecular formula is C15H16N2O3S. The predicted molar refractivity (Wildman–Crippen MR) is 81.6 cm³/mol. The summed E-state index contributed by atoms with van der Waals surface area (Å²) in [4.78, 5) is 26.6. The molecule has 0 spiro atoms. The minimum atomic E-state index is -0.924. The molecule has 0 radical (unpaired) electrons. The van der Waals surface area contributed by atoms with Crippen LogP contribution in [0.15, 0.2) is 29.6 Å². The van der Waals surface area contributed by atoms with Gasteiger partial charge in [-0.25, -0.2) is 4.98 Å². The number of anilines is 1. The van der Waals surface area contributed by atoms with Crippen LogP contribution in [0.3, 0.4) is 0 Å². The SMILES string of the molecule is CCc1ccc(NC(=O)Cc2nc(CC(=O)O)cs2)cc1. The molecule has 21 heavy (non-hydrogen) atoms. The van der Waals surface area contributed by atoms with E-state index < -0.39 is 5.97 Å². The van der Waals surface area contributed by atoms with Gasteiger partial charge in [0.25, 0.3) is 0 Å². The van der Waals surface area contributed by atoms with Crippen LogP contribution in [0.4, 0.5) is 5.69 Å². The minimum Gasteiger partial charge on any atom is -0.481 e. The number of thiazole rings is 1. The minimum absolute atomic E-state index is 0.114. The Morgan fingerprint density at radius 2 is 1.95 bits per heavy atom. The lowest BCUT2D eigenvalue weighted by Gasteiger charge is -2.04. The quantitative estimate of drug-likeness (QED) is 0.859. The monoisotopic (exact) mass is 304 g/mol. The normalized spacial score (nSPS) is 10.3. The van der Waals surface area contributed by atoms with Gasteiger partial charge in [-0.2, -0.15) is 0 Å². The molecule has 0 unspecified atom stereocenters. The second-order valence-electron chi connectivity index (χ2n) is 4.58. The van der Waals surface area contributed by atoms with Crippen molar-refractivity contribution in [2.45, 2.75) is 26.2 Å². The summed E-state index contributed by atoms with van der Waals surface area (Å²) in [5.41, 5.74) is 2.45. The molecule has 2 rings (SSSR count). The molecule has 0 atom stereocenters. The molecule has 1 aromatic heterocycles. The van der Waals surface area contributed by atoms with Crippen LogP contribution in [-0.2, 0) is 28.9 Å². The summed E-state index contributed by atoms with van der Waals surface area (Å²) < 4.78 is 0. The number of nitrogens with zero attached hydrogens (tertiary/aromatic N) is 1. The van der Waals surface area contributed by atoms with Gasteiger partial charge in [0.15, 0.2) is 0 Å². The van der Waals surface area contributed by atoms with E-state index in [2.05, 4.69) is 17.2 Å². The fourth-order valence-corrected chi connectivity index (χ4v) is 2.63. The van der Waals surface area contributed by atoms with E-state index in [0.717, 1.165) is 12.1 Å². The average Bonchev–Trinajstić information content (AvgIpc) is 2.85. The zero-order valence-electron chi connectivity index (χ0n) is 11.6. The second kappa shape index (κ2) is 6.99. The molecule has 6 heteroatoms. The molecule has 1 amide bonds. The van der Waals surface area contributed by atoms with Gasteiger partial charge >= 0.3 is 5.97 Å². The molecule has 0 fully saturated rings. The molecule has 110 valence electrons. The largest absolute Gasteiger partial charge is 0.481 e. The van der Waals surface area contributed by atoms with E-state index in [1.54, 1.807) is 5.38 Å². The first-order valence-electron chi connectivity index (χ1n) is 6.60. The first-order valence-corrected chi connectivity index (χ1v) is 7.48. The maximum atomic E-state index is 11.9. The number of carboxylic acids is 1. The van der Waals surface area contributed by atoms with Crippen LogP contribution in [0.1, 0.15) is 23.2 Å². The van der Waals surface area contributed by atoms with E-state index in [0.29, 0.717) is 10.7 Å². The first-order chi connectivity index (χ1) is 10.1. The Labute approximate surface area is 126 Å². The van der Waals surface area contributed by atoms with Crippen LogP contribution in [0.5, 0.6) is 0 Å². The van der Waals surface area contributed by atoms with Gasteiger partial charge in [0.1, 0.15) is 5.01 Å². The zero-order valence-corrected chi connectivity index (χ0v) is 12.4. The van der Waals surface area contributed by atoms with Crippen molar-refractivity contribution in [3.63, 3.8) is 0 Å². The van der Waals surface area contributed by atoms with E-state index >= 15 is 0 Å². The number of rotatable bonds is 6. The topological polar surface area (TPSA) is 79.3 Å². The molecule has 0 aliphatic carbocycles. The molecule has 1 aromatic carbocycles. The highest BCUT2D eigenvalue weighted by Crippen LogP contribution is 2.14. The number of hydrogen-bond acceptors (Lipinski definition) is 4. The molecule has 2 aromatic rings. The highest BCUT2D eigenvalue weighted by molar-refractivity contribution is 7.09. The number of carbonyl (C=O) groups excluding carboxylic acids is 1. The van der Waals surface area contributed by atoms with Crippen molar-refractivity contribution >= 4 is 28.9 Å². The van der Waals surface area contributed by atoms with Crippen LogP contribution in [0.25, 0.3) is 0 Å². The molecule has 0 aliphatic heterocycles. The molecule has 0 bridgehead atoms. The molecule has 1 heterocycles. The Balaban J connectivity index is 1.91. The number of aromatic nitrogens is 1. The third-order valence-corrected chi connectivity index (χ3v) is 3.79. The van der Waals surface area contributed by atoms with Crippen molar-refractivity contribution in [3.8, 4) is 0 Å². The number of nitrogens with one attached hydrogen (secondary N) is 1. The summed E-state index contributed by atoms with van der Waals surface area (Å²) in [6.45, 7) is 2.07. The van der Waals surface area contributed by atoms with Crippen LogP contribution >= 0.6 is 11.3 Å². The Bertz CT molecular complexity index is 635. The number of aliphatic carboxylic acids is 1. The van der Waals surface area contributed by atoms with Gasteiger partial charge in [-0.3, -0.25) is 9.59 Å². The fourth-order valence-electron chi connectivity index (χ4n) is 1.83. The molecular weight excluding hydrogens is 288 g/mol. The van der Waals surface area contributed by atoms with Crippen molar-refractivity contribution in [3.05, 3.63) is 45.9 Å². The lowest BCUT2D eigenvalue weighted by Crippen LogP contribution is -2.14. The molecule has 0 saturated carbocycles. The Kier molecular flexibility index (Phi) is 5.05. The van der Waals surface area contributed by atoms with Gasteiger partial charge in [-0.05, 0) is 24.1 Å². The standard InChI is InChI=1S/C15H16N2O3S/c1-2-10-3-5-11(6-4-10)16-13(18)8-14-17-12(9-21-14)7-15(19)20/h3-6,9H,2,7-8H2,1H3,(H,16,18)(H,19,20). The van der Waals surface area contributed by atoms with Crippen molar-refractivity contribution < 1.29 is 14.7 Å². The van der Waals surface area contributed by atoms with Gasteiger partial charge in [-0.15, -0.1) is 11.3 Å².